The molecule has 0 atom stereocenters. The second-order valence-electron chi connectivity index (χ2n) is 3.49. The molecule has 2 aromatic rings. The number of rotatable bonds is 3. The Bertz CT molecular complexity index is 551. The van der Waals surface area contributed by atoms with Crippen molar-refractivity contribution in [3.63, 3.8) is 0 Å². The van der Waals surface area contributed by atoms with Crippen LogP contribution >= 0.6 is 11.5 Å². The average Bonchev–Trinajstić information content (AvgIpc) is 2.82. The van der Waals surface area contributed by atoms with Gasteiger partial charge in [-0.2, -0.15) is 0 Å². The third-order valence-electron chi connectivity index (χ3n) is 2.07. The SMILES string of the molecule is CC(=O)Nc1ccc(C(=O)Nc2cnns2)cc1. The zero-order valence-corrected chi connectivity index (χ0v) is 10.3. The number of nitrogens with one attached hydrogen (secondary N) is 2. The summed E-state index contributed by atoms with van der Waals surface area (Å²) < 4.78 is 3.65. The number of nitrogens with zero attached hydrogens (tertiary/aromatic N) is 2. The molecule has 0 fully saturated rings. The molecule has 0 unspecified atom stereocenters. The number of aromatic nitrogens is 2. The molecular formula is C11H10N4O2S. The van der Waals surface area contributed by atoms with E-state index in [1.54, 1.807) is 24.3 Å². The summed E-state index contributed by atoms with van der Waals surface area (Å²) in [7, 11) is 0. The number of anilines is 2. The van der Waals surface area contributed by atoms with Gasteiger partial charge in [-0.3, -0.25) is 9.59 Å². The summed E-state index contributed by atoms with van der Waals surface area (Å²) in [6, 6.07) is 6.60. The van der Waals surface area contributed by atoms with Gasteiger partial charge in [0.25, 0.3) is 5.91 Å². The van der Waals surface area contributed by atoms with Crippen molar-refractivity contribution in [2.45, 2.75) is 6.92 Å². The van der Waals surface area contributed by atoms with Gasteiger partial charge >= 0.3 is 0 Å². The third kappa shape index (κ3) is 3.11. The first-order chi connectivity index (χ1) is 8.65. The molecule has 0 aliphatic heterocycles. The molecule has 0 aliphatic rings. The van der Waals surface area contributed by atoms with Crippen molar-refractivity contribution in [2.24, 2.45) is 0 Å². The first-order valence-corrected chi connectivity index (χ1v) is 5.89. The van der Waals surface area contributed by atoms with E-state index in [0.717, 1.165) is 11.5 Å². The maximum absolute atomic E-state index is 11.8. The molecule has 2 rings (SSSR count). The monoisotopic (exact) mass is 262 g/mol. The van der Waals surface area contributed by atoms with Gasteiger partial charge in [-0.05, 0) is 24.3 Å². The van der Waals surface area contributed by atoms with Gasteiger partial charge in [-0.1, -0.05) is 4.49 Å². The Kier molecular flexibility index (Phi) is 3.63. The number of hydrogen-bond donors (Lipinski definition) is 2. The van der Waals surface area contributed by atoms with Crippen LogP contribution in [0.2, 0.25) is 0 Å². The Morgan fingerprint density at radius 1 is 1.17 bits per heavy atom. The molecule has 0 spiro atoms. The lowest BCUT2D eigenvalue weighted by Gasteiger charge is -2.04. The van der Waals surface area contributed by atoms with E-state index in [0.29, 0.717) is 16.3 Å². The van der Waals surface area contributed by atoms with Gasteiger partial charge in [0.15, 0.2) is 0 Å². The number of amides is 2. The second-order valence-corrected chi connectivity index (χ2v) is 4.28. The van der Waals surface area contributed by atoms with Crippen LogP contribution in [0.4, 0.5) is 10.7 Å². The van der Waals surface area contributed by atoms with Gasteiger partial charge < -0.3 is 10.6 Å². The lowest BCUT2D eigenvalue weighted by molar-refractivity contribution is -0.114. The predicted molar refractivity (Wildman–Crippen MR) is 68.6 cm³/mol. The van der Waals surface area contributed by atoms with Crippen molar-refractivity contribution < 1.29 is 9.59 Å². The highest BCUT2D eigenvalue weighted by Crippen LogP contribution is 2.13. The van der Waals surface area contributed by atoms with Gasteiger partial charge in [-0.15, -0.1) is 5.10 Å². The normalized spacial score (nSPS) is 9.83. The van der Waals surface area contributed by atoms with E-state index >= 15 is 0 Å². The number of hydrogen-bond acceptors (Lipinski definition) is 5. The highest BCUT2D eigenvalue weighted by molar-refractivity contribution is 7.10. The summed E-state index contributed by atoms with van der Waals surface area (Å²) in [5.74, 6) is -0.390. The van der Waals surface area contributed by atoms with E-state index in [1.807, 2.05) is 0 Å². The first-order valence-electron chi connectivity index (χ1n) is 5.11. The lowest BCUT2D eigenvalue weighted by atomic mass is 10.2. The molecule has 2 amide bonds. The van der Waals surface area contributed by atoms with Crippen LogP contribution in [0.1, 0.15) is 17.3 Å². The van der Waals surface area contributed by atoms with Crippen LogP contribution in [0.15, 0.2) is 30.5 Å². The minimum atomic E-state index is -0.240. The van der Waals surface area contributed by atoms with Gasteiger partial charge in [0.1, 0.15) is 5.00 Å². The highest BCUT2D eigenvalue weighted by atomic mass is 32.1. The van der Waals surface area contributed by atoms with E-state index in [4.69, 9.17) is 0 Å². The molecule has 1 heterocycles. The Balaban J connectivity index is 2.05. The zero-order chi connectivity index (χ0) is 13.0. The number of benzene rings is 1. The van der Waals surface area contributed by atoms with Gasteiger partial charge in [0.2, 0.25) is 5.91 Å². The van der Waals surface area contributed by atoms with E-state index < -0.39 is 0 Å². The summed E-state index contributed by atoms with van der Waals surface area (Å²) in [5, 5.41) is 9.50. The molecule has 7 heteroatoms. The van der Waals surface area contributed by atoms with Crippen molar-refractivity contribution in [3.05, 3.63) is 36.0 Å². The topological polar surface area (TPSA) is 84.0 Å². The lowest BCUT2D eigenvalue weighted by Crippen LogP contribution is -2.11. The summed E-state index contributed by atoms with van der Waals surface area (Å²) in [4.78, 5) is 22.6. The maximum atomic E-state index is 11.8. The van der Waals surface area contributed by atoms with Crippen molar-refractivity contribution in [2.75, 3.05) is 10.6 Å². The Morgan fingerprint density at radius 2 is 1.89 bits per heavy atom. The van der Waals surface area contributed by atoms with Crippen LogP contribution in [0, 0.1) is 0 Å². The molecule has 0 saturated carbocycles. The fourth-order valence-electron chi connectivity index (χ4n) is 1.31. The molecule has 6 nitrogen and oxygen atoms in total. The van der Waals surface area contributed by atoms with E-state index in [2.05, 4.69) is 20.2 Å². The molecule has 18 heavy (non-hydrogen) atoms. The summed E-state index contributed by atoms with van der Waals surface area (Å²) >= 11 is 1.11. The van der Waals surface area contributed by atoms with Crippen molar-refractivity contribution in [3.8, 4) is 0 Å². The molecule has 2 N–H and O–H groups in total. The quantitative estimate of drug-likeness (QED) is 0.882. The summed E-state index contributed by atoms with van der Waals surface area (Å²) in [6.07, 6.45) is 1.48. The predicted octanol–water partition coefficient (Wildman–Crippen LogP) is 1.75. The first kappa shape index (κ1) is 12.2. The maximum Gasteiger partial charge on any atom is 0.256 e. The summed E-state index contributed by atoms with van der Waals surface area (Å²) in [6.45, 7) is 1.43. The van der Waals surface area contributed by atoms with Gasteiger partial charge in [-0.25, -0.2) is 0 Å². The third-order valence-corrected chi connectivity index (χ3v) is 2.65. The Hall–Kier alpha value is -2.28. The molecule has 0 radical (unpaired) electrons. The fraction of sp³-hybridized carbons (Fsp3) is 0.0909. The second kappa shape index (κ2) is 5.37. The van der Waals surface area contributed by atoms with E-state index in [9.17, 15) is 9.59 Å². The van der Waals surface area contributed by atoms with Crippen LogP contribution in [-0.4, -0.2) is 21.4 Å². The highest BCUT2D eigenvalue weighted by Gasteiger charge is 2.07. The van der Waals surface area contributed by atoms with Crippen LogP contribution in [0.5, 0.6) is 0 Å². The number of carbonyl (C=O) groups is 2. The average molecular weight is 262 g/mol. The van der Waals surface area contributed by atoms with Crippen molar-refractivity contribution in [1.29, 1.82) is 0 Å². The molecule has 0 bridgehead atoms. The molecular weight excluding hydrogens is 252 g/mol. The van der Waals surface area contributed by atoms with Crippen LogP contribution in [0.3, 0.4) is 0 Å². The summed E-state index contributed by atoms with van der Waals surface area (Å²) in [5.41, 5.74) is 1.15. The molecule has 92 valence electrons. The molecule has 1 aromatic heterocycles. The van der Waals surface area contributed by atoms with Crippen molar-refractivity contribution >= 4 is 34.0 Å². The van der Waals surface area contributed by atoms with Gasteiger partial charge in [0, 0.05) is 29.7 Å². The fourth-order valence-corrected chi connectivity index (χ4v) is 1.73. The van der Waals surface area contributed by atoms with Crippen LogP contribution in [0.25, 0.3) is 0 Å². The van der Waals surface area contributed by atoms with E-state index in [1.165, 1.54) is 13.1 Å². The van der Waals surface area contributed by atoms with Crippen molar-refractivity contribution in [1.82, 2.24) is 9.59 Å². The minimum Gasteiger partial charge on any atom is -0.326 e. The molecule has 0 aliphatic carbocycles. The standard InChI is InChI=1S/C11H10N4O2S/c1-7(16)13-9-4-2-8(3-5-9)11(17)14-10-6-12-15-18-10/h2-6H,1H3,(H,13,16)(H,14,17). The Labute approximate surface area is 107 Å². The molecule has 0 saturated heterocycles. The Morgan fingerprint density at radius 3 is 2.44 bits per heavy atom. The van der Waals surface area contributed by atoms with Crippen LogP contribution < -0.4 is 10.6 Å². The largest absolute Gasteiger partial charge is 0.326 e. The molecule has 1 aromatic carbocycles. The van der Waals surface area contributed by atoms with Crippen LogP contribution in [-0.2, 0) is 4.79 Å². The number of carbonyl (C=O) groups excluding carboxylic acids is 2. The van der Waals surface area contributed by atoms with Gasteiger partial charge in [0.05, 0.1) is 6.20 Å². The smallest absolute Gasteiger partial charge is 0.256 e. The van der Waals surface area contributed by atoms with E-state index in [-0.39, 0.29) is 11.8 Å². The zero-order valence-electron chi connectivity index (χ0n) is 9.51. The minimum absolute atomic E-state index is 0.150.